The molecule has 1 aromatic heterocycles. The summed E-state index contributed by atoms with van der Waals surface area (Å²) in [4.78, 5) is 4.41. The Kier molecular flexibility index (Phi) is 4.53. The van der Waals surface area contributed by atoms with Gasteiger partial charge >= 0.3 is 0 Å². The monoisotopic (exact) mass is 316 g/mol. The molecular weight excluding hydrogens is 304 g/mol. The average Bonchev–Trinajstić information content (AvgIpc) is 2.46. The van der Waals surface area contributed by atoms with Crippen molar-refractivity contribution in [2.24, 2.45) is 0 Å². The summed E-state index contributed by atoms with van der Waals surface area (Å²) in [6.45, 7) is 2.31. The topological polar surface area (TPSA) is 45.9 Å². The summed E-state index contributed by atoms with van der Waals surface area (Å²) < 4.78 is 5.77. The van der Waals surface area contributed by atoms with Crippen LogP contribution in [-0.2, 0) is 11.9 Å². The highest BCUT2D eigenvalue weighted by Crippen LogP contribution is 2.21. The molecule has 0 radical (unpaired) electrons. The first kappa shape index (κ1) is 13.6. The molecule has 19 heavy (non-hydrogen) atoms. The highest BCUT2D eigenvalue weighted by Gasteiger charge is 2.07. The van der Waals surface area contributed by atoms with E-state index in [9.17, 15) is 0 Å². The maximum Gasteiger partial charge on any atom is 0.142 e. The number of halogens is 1. The minimum absolute atomic E-state index is 0.370. The second kappa shape index (κ2) is 6.35. The Morgan fingerprint density at radius 2 is 2.05 bits per heavy atom. The summed E-state index contributed by atoms with van der Waals surface area (Å²) in [5.74, 6) is 0.746. The van der Waals surface area contributed by atoms with E-state index in [4.69, 9.17) is 10.00 Å². The first-order valence-electron chi connectivity index (χ1n) is 5.88. The number of hydrogen-bond acceptors (Lipinski definition) is 3. The van der Waals surface area contributed by atoms with Gasteiger partial charge in [-0.05, 0) is 25.1 Å². The number of ether oxygens (including phenoxy) is 1. The van der Waals surface area contributed by atoms with Crippen LogP contribution in [0.1, 0.15) is 22.5 Å². The number of alkyl halides is 1. The van der Waals surface area contributed by atoms with Crippen LogP contribution in [0, 0.1) is 18.3 Å². The number of pyridine rings is 1. The summed E-state index contributed by atoms with van der Waals surface area (Å²) in [6.07, 6.45) is 0. The molecule has 1 aromatic carbocycles. The predicted molar refractivity (Wildman–Crippen MR) is 77.1 cm³/mol. The molecule has 0 amide bonds. The van der Waals surface area contributed by atoms with Crippen LogP contribution in [0.3, 0.4) is 0 Å². The zero-order chi connectivity index (χ0) is 13.7. The van der Waals surface area contributed by atoms with E-state index in [0.29, 0.717) is 17.5 Å². The molecule has 0 aliphatic carbocycles. The molecule has 2 rings (SSSR count). The maximum absolute atomic E-state index is 9.03. The van der Waals surface area contributed by atoms with Gasteiger partial charge in [0.1, 0.15) is 12.4 Å². The van der Waals surface area contributed by atoms with Crippen molar-refractivity contribution in [2.45, 2.75) is 18.9 Å². The quantitative estimate of drug-likeness (QED) is 0.807. The molecule has 3 nitrogen and oxygen atoms in total. The molecule has 2 aromatic rings. The van der Waals surface area contributed by atoms with Crippen LogP contribution in [0.15, 0.2) is 36.4 Å². The van der Waals surface area contributed by atoms with Gasteiger partial charge in [-0.1, -0.05) is 34.1 Å². The molecule has 0 bridgehead atoms. The Bertz CT molecular complexity index is 620. The standard InChI is InChI=1S/C15H13BrN2O/c1-11-6-7-15(14(8-16)18-11)19-10-13-5-3-2-4-12(13)9-17/h2-7H,8,10H2,1H3. The van der Waals surface area contributed by atoms with Gasteiger partial charge in [0.15, 0.2) is 0 Å². The van der Waals surface area contributed by atoms with E-state index in [1.54, 1.807) is 6.07 Å². The smallest absolute Gasteiger partial charge is 0.142 e. The molecule has 4 heteroatoms. The number of aromatic nitrogens is 1. The Hall–Kier alpha value is -1.86. The van der Waals surface area contributed by atoms with Gasteiger partial charge < -0.3 is 4.74 Å². The van der Waals surface area contributed by atoms with Gasteiger partial charge in [0.2, 0.25) is 0 Å². The van der Waals surface area contributed by atoms with Crippen molar-refractivity contribution >= 4 is 15.9 Å². The lowest BCUT2D eigenvalue weighted by Gasteiger charge is -2.10. The summed E-state index contributed by atoms with van der Waals surface area (Å²) >= 11 is 3.40. The van der Waals surface area contributed by atoms with E-state index in [1.165, 1.54) is 0 Å². The molecule has 0 unspecified atom stereocenters. The second-order valence-corrected chi connectivity index (χ2v) is 4.65. The lowest BCUT2D eigenvalue weighted by atomic mass is 10.1. The van der Waals surface area contributed by atoms with Crippen LogP contribution in [0.5, 0.6) is 5.75 Å². The minimum atomic E-state index is 0.370. The van der Waals surface area contributed by atoms with Crippen molar-refractivity contribution in [2.75, 3.05) is 0 Å². The van der Waals surface area contributed by atoms with Crippen LogP contribution >= 0.6 is 15.9 Å². The van der Waals surface area contributed by atoms with E-state index >= 15 is 0 Å². The van der Waals surface area contributed by atoms with Crippen LogP contribution in [0.25, 0.3) is 0 Å². The molecule has 1 heterocycles. The molecule has 96 valence electrons. The van der Waals surface area contributed by atoms with Crippen molar-refractivity contribution < 1.29 is 4.74 Å². The Morgan fingerprint density at radius 1 is 1.26 bits per heavy atom. The van der Waals surface area contributed by atoms with Crippen molar-refractivity contribution in [3.63, 3.8) is 0 Å². The van der Waals surface area contributed by atoms with Crippen molar-refractivity contribution in [1.82, 2.24) is 4.98 Å². The lowest BCUT2D eigenvalue weighted by Crippen LogP contribution is -2.01. The van der Waals surface area contributed by atoms with E-state index in [1.807, 2.05) is 37.3 Å². The Balaban J connectivity index is 2.17. The zero-order valence-corrected chi connectivity index (χ0v) is 12.1. The van der Waals surface area contributed by atoms with Gasteiger partial charge in [0.05, 0.1) is 17.3 Å². The molecule has 0 atom stereocenters. The molecule has 0 spiro atoms. The van der Waals surface area contributed by atoms with Gasteiger partial charge in [-0.2, -0.15) is 5.26 Å². The number of benzene rings is 1. The van der Waals surface area contributed by atoms with Gasteiger partial charge in [-0.15, -0.1) is 0 Å². The number of rotatable bonds is 4. The summed E-state index contributed by atoms with van der Waals surface area (Å²) in [7, 11) is 0. The van der Waals surface area contributed by atoms with Gasteiger partial charge in [0, 0.05) is 16.6 Å². The molecule has 0 saturated heterocycles. The summed E-state index contributed by atoms with van der Waals surface area (Å²) in [5, 5.41) is 9.67. The fourth-order valence-electron chi connectivity index (χ4n) is 1.74. The average molecular weight is 317 g/mol. The largest absolute Gasteiger partial charge is 0.487 e. The van der Waals surface area contributed by atoms with Crippen molar-refractivity contribution in [1.29, 1.82) is 5.26 Å². The first-order chi connectivity index (χ1) is 9.24. The van der Waals surface area contributed by atoms with Crippen LogP contribution in [0.4, 0.5) is 0 Å². The molecular formula is C15H13BrN2O. The third-order valence-corrected chi connectivity index (χ3v) is 3.25. The second-order valence-electron chi connectivity index (χ2n) is 4.09. The fourth-order valence-corrected chi connectivity index (χ4v) is 2.14. The fraction of sp³-hybridized carbons (Fsp3) is 0.200. The first-order valence-corrected chi connectivity index (χ1v) is 7.00. The predicted octanol–water partition coefficient (Wildman–Crippen LogP) is 3.74. The van der Waals surface area contributed by atoms with E-state index in [0.717, 1.165) is 22.7 Å². The van der Waals surface area contributed by atoms with E-state index in [2.05, 4.69) is 27.0 Å². The van der Waals surface area contributed by atoms with E-state index < -0.39 is 0 Å². The van der Waals surface area contributed by atoms with Gasteiger partial charge in [-0.3, -0.25) is 4.98 Å². The molecule has 0 N–H and O–H groups in total. The zero-order valence-electron chi connectivity index (χ0n) is 10.6. The third-order valence-electron chi connectivity index (χ3n) is 2.72. The molecule has 0 saturated carbocycles. The maximum atomic E-state index is 9.03. The number of nitriles is 1. The van der Waals surface area contributed by atoms with Crippen LogP contribution < -0.4 is 4.74 Å². The minimum Gasteiger partial charge on any atom is -0.487 e. The normalized spacial score (nSPS) is 9.95. The summed E-state index contributed by atoms with van der Waals surface area (Å²) in [5.41, 5.74) is 3.35. The van der Waals surface area contributed by atoms with E-state index in [-0.39, 0.29) is 0 Å². The van der Waals surface area contributed by atoms with Gasteiger partial charge in [0.25, 0.3) is 0 Å². The highest BCUT2D eigenvalue weighted by atomic mass is 79.9. The third kappa shape index (κ3) is 3.33. The van der Waals surface area contributed by atoms with Gasteiger partial charge in [-0.25, -0.2) is 0 Å². The Morgan fingerprint density at radius 3 is 2.79 bits per heavy atom. The number of hydrogen-bond donors (Lipinski definition) is 0. The highest BCUT2D eigenvalue weighted by molar-refractivity contribution is 9.08. The SMILES string of the molecule is Cc1ccc(OCc2ccccc2C#N)c(CBr)n1. The summed E-state index contributed by atoms with van der Waals surface area (Å²) in [6, 6.07) is 13.4. The Labute approximate surface area is 121 Å². The lowest BCUT2D eigenvalue weighted by molar-refractivity contribution is 0.302. The van der Waals surface area contributed by atoms with Crippen LogP contribution in [0.2, 0.25) is 0 Å². The van der Waals surface area contributed by atoms with Crippen molar-refractivity contribution in [3.8, 4) is 11.8 Å². The molecule has 0 fully saturated rings. The van der Waals surface area contributed by atoms with Crippen molar-refractivity contribution in [3.05, 3.63) is 58.9 Å². The molecule has 0 aliphatic rings. The number of nitrogens with zero attached hydrogens (tertiary/aromatic N) is 2. The van der Waals surface area contributed by atoms with Crippen LogP contribution in [-0.4, -0.2) is 4.98 Å². The number of aryl methyl sites for hydroxylation is 1. The molecule has 0 aliphatic heterocycles.